The van der Waals surface area contributed by atoms with Gasteiger partial charge in [0.25, 0.3) is 0 Å². The summed E-state index contributed by atoms with van der Waals surface area (Å²) in [6.07, 6.45) is 0.0637. The molecule has 0 aliphatic carbocycles. The van der Waals surface area contributed by atoms with E-state index in [0.717, 1.165) is 5.56 Å². The number of hydrogen-bond acceptors (Lipinski definition) is 2. The Balaban J connectivity index is 2.91. The molecule has 78 valence electrons. The molecule has 1 rings (SSSR count). The lowest BCUT2D eigenvalue weighted by Crippen LogP contribution is -2.25. The van der Waals surface area contributed by atoms with Gasteiger partial charge < -0.3 is 10.8 Å². The lowest BCUT2D eigenvalue weighted by Gasteiger charge is -2.17. The van der Waals surface area contributed by atoms with Gasteiger partial charge in [-0.15, -0.1) is 0 Å². The van der Waals surface area contributed by atoms with Gasteiger partial charge in [0, 0.05) is 0 Å². The van der Waals surface area contributed by atoms with E-state index in [9.17, 15) is 5.11 Å². The Labute approximate surface area is 93.6 Å². The molecule has 0 aliphatic rings. The number of benzene rings is 1. The number of aliphatic hydroxyl groups excluding tert-OH is 1. The predicted octanol–water partition coefficient (Wildman–Crippen LogP) is 2.76. The van der Waals surface area contributed by atoms with Gasteiger partial charge in [0.05, 0.1) is 22.2 Å². The van der Waals surface area contributed by atoms with Crippen LogP contribution < -0.4 is 5.73 Å². The van der Waals surface area contributed by atoms with Crippen molar-refractivity contribution in [2.24, 2.45) is 5.73 Å². The first kappa shape index (κ1) is 11.8. The number of hydrogen-bond donors (Lipinski definition) is 2. The zero-order valence-electron chi connectivity index (χ0n) is 7.87. The summed E-state index contributed by atoms with van der Waals surface area (Å²) in [6, 6.07) is 4.74. The minimum absolute atomic E-state index is 0.408. The molecule has 0 saturated heterocycles. The zero-order chi connectivity index (χ0) is 10.7. The molecule has 0 unspecified atom stereocenters. The normalized spacial score (nSPS) is 15.2. The van der Waals surface area contributed by atoms with E-state index in [1.807, 2.05) is 6.92 Å². The second kappa shape index (κ2) is 4.99. The fourth-order valence-electron chi connectivity index (χ4n) is 1.20. The molecule has 1 aromatic rings. The van der Waals surface area contributed by atoms with Crippen LogP contribution in [0.1, 0.15) is 24.9 Å². The second-order valence-corrected chi connectivity index (χ2v) is 3.99. The van der Waals surface area contributed by atoms with Gasteiger partial charge in [-0.1, -0.05) is 36.2 Å². The lowest BCUT2D eigenvalue weighted by atomic mass is 10.0. The van der Waals surface area contributed by atoms with Crippen LogP contribution in [-0.2, 0) is 0 Å². The average Bonchev–Trinajstić information content (AvgIpc) is 2.20. The van der Waals surface area contributed by atoms with Gasteiger partial charge in [-0.2, -0.15) is 0 Å². The summed E-state index contributed by atoms with van der Waals surface area (Å²) in [7, 11) is 0. The zero-order valence-corrected chi connectivity index (χ0v) is 9.39. The summed E-state index contributed by atoms with van der Waals surface area (Å²) >= 11 is 11.6. The van der Waals surface area contributed by atoms with Crippen LogP contribution in [0.2, 0.25) is 10.0 Å². The van der Waals surface area contributed by atoms with Crippen LogP contribution in [0.4, 0.5) is 0 Å². The molecule has 0 amide bonds. The molecule has 0 heterocycles. The summed E-state index contributed by atoms with van der Waals surface area (Å²) in [5.41, 5.74) is 6.62. The molecule has 4 heteroatoms. The quantitative estimate of drug-likeness (QED) is 0.844. The maximum absolute atomic E-state index is 9.54. The van der Waals surface area contributed by atoms with E-state index < -0.39 is 12.1 Å². The summed E-state index contributed by atoms with van der Waals surface area (Å²) in [6.45, 7) is 1.88. The fourth-order valence-corrected chi connectivity index (χ4v) is 1.50. The van der Waals surface area contributed by atoms with Crippen LogP contribution in [0.3, 0.4) is 0 Å². The van der Waals surface area contributed by atoms with Gasteiger partial charge in [-0.3, -0.25) is 0 Å². The Morgan fingerprint density at radius 2 is 2.00 bits per heavy atom. The van der Waals surface area contributed by atoms with Gasteiger partial charge in [0.2, 0.25) is 0 Å². The first-order valence-corrected chi connectivity index (χ1v) is 5.20. The highest BCUT2D eigenvalue weighted by molar-refractivity contribution is 6.42. The van der Waals surface area contributed by atoms with Crippen LogP contribution in [0.15, 0.2) is 18.2 Å². The SMILES string of the molecule is CC[C@H](O)[C@H](N)c1ccc(Cl)c(Cl)c1. The van der Waals surface area contributed by atoms with Crippen molar-refractivity contribution in [3.05, 3.63) is 33.8 Å². The molecule has 0 radical (unpaired) electrons. The topological polar surface area (TPSA) is 46.2 Å². The smallest absolute Gasteiger partial charge is 0.0730 e. The van der Waals surface area contributed by atoms with Gasteiger partial charge in [-0.05, 0) is 24.1 Å². The first-order chi connectivity index (χ1) is 6.56. The van der Waals surface area contributed by atoms with Crippen molar-refractivity contribution in [1.29, 1.82) is 0 Å². The van der Waals surface area contributed by atoms with Crippen molar-refractivity contribution < 1.29 is 5.11 Å². The molecule has 0 fully saturated rings. The number of halogens is 2. The molecule has 3 N–H and O–H groups in total. The van der Waals surface area contributed by atoms with E-state index in [2.05, 4.69) is 0 Å². The second-order valence-electron chi connectivity index (χ2n) is 3.17. The van der Waals surface area contributed by atoms with Crippen LogP contribution in [-0.4, -0.2) is 11.2 Å². The van der Waals surface area contributed by atoms with Crippen molar-refractivity contribution >= 4 is 23.2 Å². The molecule has 2 nitrogen and oxygen atoms in total. The molecular weight excluding hydrogens is 221 g/mol. The van der Waals surface area contributed by atoms with E-state index in [0.29, 0.717) is 16.5 Å². The largest absolute Gasteiger partial charge is 0.391 e. The molecule has 0 bridgehead atoms. The molecular formula is C10H13Cl2NO. The highest BCUT2D eigenvalue weighted by atomic mass is 35.5. The van der Waals surface area contributed by atoms with Crippen LogP contribution in [0, 0.1) is 0 Å². The van der Waals surface area contributed by atoms with Gasteiger partial charge in [0.15, 0.2) is 0 Å². The van der Waals surface area contributed by atoms with Gasteiger partial charge >= 0.3 is 0 Å². The van der Waals surface area contributed by atoms with E-state index in [1.54, 1.807) is 18.2 Å². The summed E-state index contributed by atoms with van der Waals surface area (Å²) in [5, 5.41) is 10.5. The highest BCUT2D eigenvalue weighted by Gasteiger charge is 2.15. The molecule has 2 atom stereocenters. The van der Waals surface area contributed by atoms with E-state index in [-0.39, 0.29) is 0 Å². The highest BCUT2D eigenvalue weighted by Crippen LogP contribution is 2.26. The Kier molecular flexibility index (Phi) is 4.20. The monoisotopic (exact) mass is 233 g/mol. The van der Waals surface area contributed by atoms with Crippen LogP contribution >= 0.6 is 23.2 Å². The number of rotatable bonds is 3. The van der Waals surface area contributed by atoms with Gasteiger partial charge in [0.1, 0.15) is 0 Å². The fraction of sp³-hybridized carbons (Fsp3) is 0.400. The van der Waals surface area contributed by atoms with E-state index in [4.69, 9.17) is 28.9 Å². The third-order valence-electron chi connectivity index (χ3n) is 2.16. The Hall–Kier alpha value is -0.280. The van der Waals surface area contributed by atoms with Crippen molar-refractivity contribution in [2.75, 3.05) is 0 Å². The maximum Gasteiger partial charge on any atom is 0.0730 e. The number of aliphatic hydroxyl groups is 1. The van der Waals surface area contributed by atoms with Crippen molar-refractivity contribution in [2.45, 2.75) is 25.5 Å². The molecule has 0 saturated carbocycles. The standard InChI is InChI=1S/C10H13Cl2NO/c1-2-9(14)10(13)6-3-4-7(11)8(12)5-6/h3-5,9-10,14H,2,13H2,1H3/t9-,10+/m0/s1. The maximum atomic E-state index is 9.54. The molecule has 1 aromatic carbocycles. The molecule has 0 aliphatic heterocycles. The Morgan fingerprint density at radius 3 is 2.50 bits per heavy atom. The number of nitrogens with two attached hydrogens (primary N) is 1. The molecule has 0 aromatic heterocycles. The Morgan fingerprint density at radius 1 is 1.36 bits per heavy atom. The van der Waals surface area contributed by atoms with E-state index >= 15 is 0 Å². The minimum atomic E-state index is -0.549. The van der Waals surface area contributed by atoms with Crippen molar-refractivity contribution in [3.8, 4) is 0 Å². The predicted molar refractivity (Wildman–Crippen MR) is 59.7 cm³/mol. The average molecular weight is 234 g/mol. The molecule has 14 heavy (non-hydrogen) atoms. The summed E-state index contributed by atoms with van der Waals surface area (Å²) < 4.78 is 0. The third kappa shape index (κ3) is 2.61. The Bertz CT molecular complexity index is 317. The minimum Gasteiger partial charge on any atom is -0.391 e. The first-order valence-electron chi connectivity index (χ1n) is 4.44. The third-order valence-corrected chi connectivity index (χ3v) is 2.90. The molecule has 0 spiro atoms. The van der Waals surface area contributed by atoms with Crippen molar-refractivity contribution in [1.82, 2.24) is 0 Å². The van der Waals surface area contributed by atoms with Crippen LogP contribution in [0.5, 0.6) is 0 Å². The van der Waals surface area contributed by atoms with Crippen molar-refractivity contribution in [3.63, 3.8) is 0 Å². The summed E-state index contributed by atoms with van der Waals surface area (Å²) in [4.78, 5) is 0. The summed E-state index contributed by atoms with van der Waals surface area (Å²) in [5.74, 6) is 0. The lowest BCUT2D eigenvalue weighted by molar-refractivity contribution is 0.141. The van der Waals surface area contributed by atoms with Crippen LogP contribution in [0.25, 0.3) is 0 Å². The van der Waals surface area contributed by atoms with E-state index in [1.165, 1.54) is 0 Å². The van der Waals surface area contributed by atoms with Gasteiger partial charge in [-0.25, -0.2) is 0 Å².